The van der Waals surface area contributed by atoms with E-state index < -0.39 is 0 Å². The van der Waals surface area contributed by atoms with Crippen LogP contribution in [-0.4, -0.2) is 15.5 Å². The van der Waals surface area contributed by atoms with Crippen molar-refractivity contribution in [2.24, 2.45) is 13.0 Å². The third kappa shape index (κ3) is 3.73. The van der Waals surface area contributed by atoms with Crippen molar-refractivity contribution >= 4 is 17.2 Å². The molecule has 1 fully saturated rings. The molecule has 2 aromatic heterocycles. The predicted octanol–water partition coefficient (Wildman–Crippen LogP) is 3.07. The lowest BCUT2D eigenvalue weighted by molar-refractivity contribution is -0.122. The zero-order chi connectivity index (χ0) is 14.7. The Morgan fingerprint density at radius 2 is 2.43 bits per heavy atom. The fourth-order valence-corrected chi connectivity index (χ4v) is 3.37. The van der Waals surface area contributed by atoms with Crippen molar-refractivity contribution < 1.29 is 4.79 Å². The number of amides is 1. The summed E-state index contributed by atoms with van der Waals surface area (Å²) in [5, 5.41) is 5.27. The average Bonchev–Trinajstić information content (AvgIpc) is 3.01. The molecule has 21 heavy (non-hydrogen) atoms. The van der Waals surface area contributed by atoms with Gasteiger partial charge >= 0.3 is 0 Å². The summed E-state index contributed by atoms with van der Waals surface area (Å²) in [6.45, 7) is 0. The molecule has 1 saturated carbocycles. The molecule has 0 aromatic carbocycles. The van der Waals surface area contributed by atoms with Gasteiger partial charge in [-0.2, -0.15) is 0 Å². The normalized spacial score (nSPS) is 15.9. The van der Waals surface area contributed by atoms with Crippen molar-refractivity contribution in [1.29, 1.82) is 0 Å². The molecule has 3 rings (SSSR count). The standard InChI is InChI=1S/C16H21N3OS/c1-19-10-9-17-16(19)15(12-7-8-12)18-14(20)6-2-4-13-5-3-11-21-13/h3,5,9-12,15H,2,4,6-8H2,1H3,(H,18,20)/t15-/m0/s1. The molecule has 112 valence electrons. The smallest absolute Gasteiger partial charge is 0.220 e. The van der Waals surface area contributed by atoms with Gasteiger partial charge in [-0.25, -0.2) is 4.98 Å². The molecule has 2 aromatic rings. The summed E-state index contributed by atoms with van der Waals surface area (Å²) in [6.07, 6.45) is 8.60. The number of nitrogens with zero attached hydrogens (tertiary/aromatic N) is 2. The zero-order valence-electron chi connectivity index (χ0n) is 12.3. The summed E-state index contributed by atoms with van der Waals surface area (Å²) in [7, 11) is 1.99. The minimum absolute atomic E-state index is 0.0826. The lowest BCUT2D eigenvalue weighted by atomic mass is 10.1. The summed E-state index contributed by atoms with van der Waals surface area (Å²) in [4.78, 5) is 17.9. The van der Waals surface area contributed by atoms with E-state index in [9.17, 15) is 4.79 Å². The van der Waals surface area contributed by atoms with E-state index in [0.717, 1.165) is 18.7 Å². The Kier molecular flexibility index (Phi) is 4.39. The predicted molar refractivity (Wildman–Crippen MR) is 84.1 cm³/mol. The number of hydrogen-bond donors (Lipinski definition) is 1. The average molecular weight is 303 g/mol. The SMILES string of the molecule is Cn1ccnc1[C@@H](NC(=O)CCCc1cccs1)C1CC1. The first-order chi connectivity index (χ1) is 10.2. The minimum atomic E-state index is 0.0826. The van der Waals surface area contributed by atoms with Crippen molar-refractivity contribution in [2.45, 2.75) is 38.1 Å². The number of imidazole rings is 1. The van der Waals surface area contributed by atoms with Gasteiger partial charge in [0.2, 0.25) is 5.91 Å². The van der Waals surface area contributed by atoms with Crippen LogP contribution in [0, 0.1) is 5.92 Å². The van der Waals surface area contributed by atoms with Crippen LogP contribution in [0.3, 0.4) is 0 Å². The van der Waals surface area contributed by atoms with Crippen LogP contribution in [0.1, 0.15) is 42.4 Å². The molecular weight excluding hydrogens is 282 g/mol. The highest BCUT2D eigenvalue weighted by molar-refractivity contribution is 7.09. The van der Waals surface area contributed by atoms with Crippen LogP contribution in [0.5, 0.6) is 0 Å². The summed E-state index contributed by atoms with van der Waals surface area (Å²) >= 11 is 1.76. The summed E-state index contributed by atoms with van der Waals surface area (Å²) in [5.74, 6) is 1.68. The Bertz CT molecular complexity index is 586. The molecule has 1 atom stereocenters. The highest BCUT2D eigenvalue weighted by atomic mass is 32.1. The Labute approximate surface area is 129 Å². The van der Waals surface area contributed by atoms with E-state index in [1.165, 1.54) is 17.7 Å². The molecule has 1 aliphatic rings. The van der Waals surface area contributed by atoms with Crippen LogP contribution in [0.15, 0.2) is 29.9 Å². The van der Waals surface area contributed by atoms with Gasteiger partial charge in [0.15, 0.2) is 0 Å². The molecule has 1 N–H and O–H groups in total. The monoisotopic (exact) mass is 303 g/mol. The third-order valence-corrected chi connectivity index (χ3v) is 4.89. The maximum absolute atomic E-state index is 12.2. The number of thiophene rings is 1. The lowest BCUT2D eigenvalue weighted by Gasteiger charge is -2.18. The van der Waals surface area contributed by atoms with Crippen LogP contribution in [0.4, 0.5) is 0 Å². The quantitative estimate of drug-likeness (QED) is 0.854. The summed E-state index contributed by atoms with van der Waals surface area (Å²) in [6, 6.07) is 4.27. The van der Waals surface area contributed by atoms with Gasteiger partial charge in [0.05, 0.1) is 6.04 Å². The van der Waals surface area contributed by atoms with Gasteiger partial charge < -0.3 is 9.88 Å². The highest BCUT2D eigenvalue weighted by Gasteiger charge is 2.35. The van der Waals surface area contributed by atoms with Crippen LogP contribution in [-0.2, 0) is 18.3 Å². The molecular formula is C16H21N3OS. The number of rotatable bonds is 7. The van der Waals surface area contributed by atoms with Gasteiger partial charge in [-0.3, -0.25) is 4.79 Å². The van der Waals surface area contributed by atoms with Crippen LogP contribution < -0.4 is 5.32 Å². The van der Waals surface area contributed by atoms with Gasteiger partial charge in [0.1, 0.15) is 5.82 Å². The number of aryl methyl sites for hydroxylation is 2. The van der Waals surface area contributed by atoms with E-state index >= 15 is 0 Å². The number of carbonyl (C=O) groups is 1. The lowest BCUT2D eigenvalue weighted by Crippen LogP contribution is -2.31. The van der Waals surface area contributed by atoms with E-state index in [-0.39, 0.29) is 11.9 Å². The summed E-state index contributed by atoms with van der Waals surface area (Å²) < 4.78 is 2.01. The first-order valence-electron chi connectivity index (χ1n) is 7.53. The van der Waals surface area contributed by atoms with Gasteiger partial charge in [-0.15, -0.1) is 11.3 Å². The number of aromatic nitrogens is 2. The van der Waals surface area contributed by atoms with Crippen molar-refractivity contribution in [1.82, 2.24) is 14.9 Å². The van der Waals surface area contributed by atoms with E-state index in [1.807, 2.05) is 17.8 Å². The second-order valence-electron chi connectivity index (χ2n) is 5.71. The zero-order valence-corrected chi connectivity index (χ0v) is 13.1. The molecule has 1 amide bonds. The molecule has 0 aliphatic heterocycles. The molecule has 0 radical (unpaired) electrons. The largest absolute Gasteiger partial charge is 0.346 e. The maximum Gasteiger partial charge on any atom is 0.220 e. The highest BCUT2D eigenvalue weighted by Crippen LogP contribution is 2.40. The van der Waals surface area contributed by atoms with E-state index in [4.69, 9.17) is 0 Å². The Morgan fingerprint density at radius 1 is 1.57 bits per heavy atom. The van der Waals surface area contributed by atoms with Crippen molar-refractivity contribution in [3.05, 3.63) is 40.6 Å². The second-order valence-corrected chi connectivity index (χ2v) is 6.74. The Morgan fingerprint density at radius 3 is 3.05 bits per heavy atom. The van der Waals surface area contributed by atoms with Crippen molar-refractivity contribution in [2.75, 3.05) is 0 Å². The fraction of sp³-hybridized carbons (Fsp3) is 0.500. The molecule has 4 nitrogen and oxygen atoms in total. The second kappa shape index (κ2) is 6.43. The van der Waals surface area contributed by atoms with Gasteiger partial charge in [-0.1, -0.05) is 6.07 Å². The topological polar surface area (TPSA) is 46.9 Å². The molecule has 0 spiro atoms. The Balaban J connectivity index is 1.51. The van der Waals surface area contributed by atoms with Crippen molar-refractivity contribution in [3.63, 3.8) is 0 Å². The number of nitrogens with one attached hydrogen (secondary N) is 1. The van der Waals surface area contributed by atoms with E-state index in [1.54, 1.807) is 17.5 Å². The number of carbonyl (C=O) groups excluding carboxylic acids is 1. The van der Waals surface area contributed by atoms with E-state index in [0.29, 0.717) is 12.3 Å². The summed E-state index contributed by atoms with van der Waals surface area (Å²) in [5.41, 5.74) is 0. The Hall–Kier alpha value is -1.62. The first-order valence-corrected chi connectivity index (χ1v) is 8.41. The van der Waals surface area contributed by atoms with Crippen LogP contribution in [0.2, 0.25) is 0 Å². The fourth-order valence-electron chi connectivity index (χ4n) is 2.62. The molecule has 2 heterocycles. The van der Waals surface area contributed by atoms with Gasteiger partial charge in [-0.05, 0) is 43.0 Å². The van der Waals surface area contributed by atoms with Gasteiger partial charge in [0, 0.05) is 30.7 Å². The van der Waals surface area contributed by atoms with Crippen LogP contribution in [0.25, 0.3) is 0 Å². The van der Waals surface area contributed by atoms with Crippen molar-refractivity contribution in [3.8, 4) is 0 Å². The third-order valence-electron chi connectivity index (χ3n) is 3.95. The van der Waals surface area contributed by atoms with Crippen LogP contribution >= 0.6 is 11.3 Å². The van der Waals surface area contributed by atoms with Gasteiger partial charge in [0.25, 0.3) is 0 Å². The number of hydrogen-bond acceptors (Lipinski definition) is 3. The maximum atomic E-state index is 12.2. The first kappa shape index (κ1) is 14.3. The molecule has 0 unspecified atom stereocenters. The molecule has 5 heteroatoms. The van der Waals surface area contributed by atoms with E-state index in [2.05, 4.69) is 27.8 Å². The molecule has 1 aliphatic carbocycles. The molecule has 0 saturated heterocycles. The molecule has 0 bridgehead atoms. The minimum Gasteiger partial charge on any atom is -0.346 e.